The zero-order valence-electron chi connectivity index (χ0n) is 11.6. The standard InChI is InChI=1S/C14H24N2S2/c1-4-11-5-6-12(18-11)9-13(15-2)14-10-17-8-7-16(14)3/h5-6,13-15H,4,7-10H2,1-3H3. The molecule has 1 aliphatic rings. The van der Waals surface area contributed by atoms with Gasteiger partial charge in [0.1, 0.15) is 0 Å². The van der Waals surface area contributed by atoms with Crippen molar-refractivity contribution in [3.05, 3.63) is 21.9 Å². The summed E-state index contributed by atoms with van der Waals surface area (Å²) in [6.45, 7) is 3.45. The largest absolute Gasteiger partial charge is 0.315 e. The molecule has 2 atom stereocenters. The highest BCUT2D eigenvalue weighted by Gasteiger charge is 2.27. The van der Waals surface area contributed by atoms with Crippen molar-refractivity contribution in [2.45, 2.75) is 31.8 Å². The van der Waals surface area contributed by atoms with E-state index in [2.05, 4.69) is 55.1 Å². The molecule has 2 unspecified atom stereocenters. The summed E-state index contributed by atoms with van der Waals surface area (Å²) in [6, 6.07) is 5.84. The van der Waals surface area contributed by atoms with E-state index in [9.17, 15) is 0 Å². The van der Waals surface area contributed by atoms with E-state index < -0.39 is 0 Å². The van der Waals surface area contributed by atoms with Gasteiger partial charge in [0.25, 0.3) is 0 Å². The fraction of sp³-hybridized carbons (Fsp3) is 0.714. The van der Waals surface area contributed by atoms with E-state index in [4.69, 9.17) is 0 Å². The van der Waals surface area contributed by atoms with Crippen molar-refractivity contribution < 1.29 is 0 Å². The molecule has 2 nitrogen and oxygen atoms in total. The predicted molar refractivity (Wildman–Crippen MR) is 84.0 cm³/mol. The van der Waals surface area contributed by atoms with Crippen LogP contribution in [0.4, 0.5) is 0 Å². The van der Waals surface area contributed by atoms with Crippen LogP contribution >= 0.6 is 23.1 Å². The second-order valence-electron chi connectivity index (χ2n) is 4.94. The van der Waals surface area contributed by atoms with Gasteiger partial charge in [0.2, 0.25) is 0 Å². The van der Waals surface area contributed by atoms with Crippen molar-refractivity contribution in [3.63, 3.8) is 0 Å². The van der Waals surface area contributed by atoms with E-state index in [0.29, 0.717) is 12.1 Å². The highest BCUT2D eigenvalue weighted by Crippen LogP contribution is 2.23. The van der Waals surface area contributed by atoms with E-state index in [1.54, 1.807) is 0 Å². The third-order valence-corrected chi connectivity index (χ3v) is 6.07. The summed E-state index contributed by atoms with van der Waals surface area (Å²) in [6.07, 6.45) is 2.32. The van der Waals surface area contributed by atoms with Crippen molar-refractivity contribution >= 4 is 23.1 Å². The molecule has 0 bridgehead atoms. The molecule has 1 fully saturated rings. The van der Waals surface area contributed by atoms with Gasteiger partial charge < -0.3 is 10.2 Å². The molecule has 0 spiro atoms. The molecule has 0 aliphatic carbocycles. The molecule has 0 saturated carbocycles. The lowest BCUT2D eigenvalue weighted by atomic mass is 10.0. The Bertz CT molecular complexity index is 364. The summed E-state index contributed by atoms with van der Waals surface area (Å²) < 4.78 is 0. The van der Waals surface area contributed by atoms with Gasteiger partial charge in [-0.05, 0) is 39.1 Å². The molecule has 1 aliphatic heterocycles. The first kappa shape index (κ1) is 14.4. The Morgan fingerprint density at radius 3 is 2.83 bits per heavy atom. The molecule has 1 aromatic heterocycles. The molecule has 102 valence electrons. The molecule has 0 amide bonds. The van der Waals surface area contributed by atoms with Gasteiger partial charge in [-0.2, -0.15) is 11.8 Å². The molecule has 1 saturated heterocycles. The maximum absolute atomic E-state index is 3.53. The topological polar surface area (TPSA) is 15.3 Å². The average molecular weight is 284 g/mol. The lowest BCUT2D eigenvalue weighted by molar-refractivity contribution is 0.219. The maximum Gasteiger partial charge on any atom is 0.0340 e. The number of likely N-dealkylation sites (N-methyl/N-ethyl adjacent to an activating group) is 2. The van der Waals surface area contributed by atoms with Gasteiger partial charge >= 0.3 is 0 Å². The predicted octanol–water partition coefficient (Wildman–Crippen LogP) is 2.49. The van der Waals surface area contributed by atoms with Crippen LogP contribution in [0.1, 0.15) is 16.7 Å². The quantitative estimate of drug-likeness (QED) is 0.894. The Morgan fingerprint density at radius 1 is 1.44 bits per heavy atom. The van der Waals surface area contributed by atoms with Gasteiger partial charge in [0.05, 0.1) is 0 Å². The Labute approximate surface area is 119 Å². The maximum atomic E-state index is 3.53. The molecule has 2 rings (SSSR count). The Kier molecular flexibility index (Phi) is 5.55. The lowest BCUT2D eigenvalue weighted by Gasteiger charge is -2.37. The van der Waals surface area contributed by atoms with Gasteiger partial charge in [-0.15, -0.1) is 11.3 Å². The summed E-state index contributed by atoms with van der Waals surface area (Å²) in [5.74, 6) is 2.54. The average Bonchev–Trinajstić information content (AvgIpc) is 2.85. The van der Waals surface area contributed by atoms with E-state index in [1.807, 2.05) is 11.3 Å². The first-order valence-corrected chi connectivity index (χ1v) is 8.74. The van der Waals surface area contributed by atoms with Crippen molar-refractivity contribution in [1.82, 2.24) is 10.2 Å². The number of thiophene rings is 1. The van der Waals surface area contributed by atoms with E-state index in [-0.39, 0.29) is 0 Å². The van der Waals surface area contributed by atoms with Crippen LogP contribution in [0.25, 0.3) is 0 Å². The van der Waals surface area contributed by atoms with Crippen molar-refractivity contribution in [3.8, 4) is 0 Å². The van der Waals surface area contributed by atoms with Crippen LogP contribution in [0.15, 0.2) is 12.1 Å². The minimum atomic E-state index is 0.575. The normalized spacial score (nSPS) is 23.2. The second kappa shape index (κ2) is 6.94. The molecule has 18 heavy (non-hydrogen) atoms. The zero-order valence-corrected chi connectivity index (χ0v) is 13.2. The third-order valence-electron chi connectivity index (χ3n) is 3.77. The van der Waals surface area contributed by atoms with Crippen LogP contribution in [0.3, 0.4) is 0 Å². The number of nitrogens with zero attached hydrogens (tertiary/aromatic N) is 1. The summed E-state index contributed by atoms with van der Waals surface area (Å²) >= 11 is 4.07. The number of hydrogen-bond donors (Lipinski definition) is 1. The summed E-state index contributed by atoms with van der Waals surface area (Å²) in [5.41, 5.74) is 0. The van der Waals surface area contributed by atoms with Crippen molar-refractivity contribution in [1.29, 1.82) is 0 Å². The zero-order chi connectivity index (χ0) is 13.0. The minimum absolute atomic E-state index is 0.575. The molecular weight excluding hydrogens is 260 g/mol. The first-order valence-electron chi connectivity index (χ1n) is 6.77. The molecule has 0 radical (unpaired) electrons. The molecule has 2 heterocycles. The van der Waals surface area contributed by atoms with Crippen LogP contribution in [-0.2, 0) is 12.8 Å². The smallest absolute Gasteiger partial charge is 0.0340 e. The SMILES string of the molecule is CCc1ccc(CC(NC)C2CSCCN2C)s1. The Hall–Kier alpha value is -0.0300. The van der Waals surface area contributed by atoms with Crippen LogP contribution in [-0.4, -0.2) is 49.1 Å². The lowest BCUT2D eigenvalue weighted by Crippen LogP contribution is -2.52. The second-order valence-corrected chi connectivity index (χ2v) is 7.35. The van der Waals surface area contributed by atoms with Crippen LogP contribution in [0.5, 0.6) is 0 Å². The Balaban J connectivity index is 1.99. The van der Waals surface area contributed by atoms with Crippen molar-refractivity contribution in [2.75, 3.05) is 32.1 Å². The number of thioether (sulfide) groups is 1. The highest BCUT2D eigenvalue weighted by molar-refractivity contribution is 7.99. The van der Waals surface area contributed by atoms with Gasteiger partial charge in [-0.3, -0.25) is 0 Å². The Morgan fingerprint density at radius 2 is 2.22 bits per heavy atom. The fourth-order valence-electron chi connectivity index (χ4n) is 2.50. The fourth-order valence-corrected chi connectivity index (χ4v) is 4.83. The highest BCUT2D eigenvalue weighted by atomic mass is 32.2. The molecule has 4 heteroatoms. The molecule has 0 aromatic carbocycles. The summed E-state index contributed by atoms with van der Waals surface area (Å²) in [5, 5.41) is 3.53. The summed E-state index contributed by atoms with van der Waals surface area (Å²) in [4.78, 5) is 5.55. The van der Waals surface area contributed by atoms with Crippen molar-refractivity contribution in [2.24, 2.45) is 0 Å². The molecule has 1 aromatic rings. The van der Waals surface area contributed by atoms with Gasteiger partial charge in [0, 0.05) is 39.9 Å². The monoisotopic (exact) mass is 284 g/mol. The minimum Gasteiger partial charge on any atom is -0.315 e. The number of aryl methyl sites for hydroxylation is 1. The molecule has 1 N–H and O–H groups in total. The van der Waals surface area contributed by atoms with Crippen LogP contribution in [0, 0.1) is 0 Å². The van der Waals surface area contributed by atoms with Gasteiger partial charge in [-0.25, -0.2) is 0 Å². The third kappa shape index (κ3) is 3.50. The van der Waals surface area contributed by atoms with E-state index >= 15 is 0 Å². The van der Waals surface area contributed by atoms with E-state index in [1.165, 1.54) is 27.8 Å². The first-order chi connectivity index (χ1) is 8.74. The summed E-state index contributed by atoms with van der Waals surface area (Å²) in [7, 11) is 4.37. The van der Waals surface area contributed by atoms with Crippen LogP contribution in [0.2, 0.25) is 0 Å². The van der Waals surface area contributed by atoms with Gasteiger partial charge in [0.15, 0.2) is 0 Å². The number of rotatable bonds is 5. The number of nitrogens with one attached hydrogen (secondary N) is 1. The van der Waals surface area contributed by atoms with E-state index in [0.717, 1.165) is 12.8 Å². The van der Waals surface area contributed by atoms with Crippen LogP contribution < -0.4 is 5.32 Å². The molecular formula is C14H24N2S2. The number of hydrogen-bond acceptors (Lipinski definition) is 4. The van der Waals surface area contributed by atoms with Gasteiger partial charge in [-0.1, -0.05) is 6.92 Å².